The molecule has 0 saturated heterocycles. The summed E-state index contributed by atoms with van der Waals surface area (Å²) in [5, 5.41) is 2.48. The Hall–Kier alpha value is -3.44. The summed E-state index contributed by atoms with van der Waals surface area (Å²) in [6.07, 6.45) is 0. The number of esters is 2. The predicted molar refractivity (Wildman–Crippen MR) is 115 cm³/mol. The number of benzene rings is 2. The molecular weight excluding hydrogens is 440 g/mol. The Morgan fingerprint density at radius 1 is 0.938 bits per heavy atom. The van der Waals surface area contributed by atoms with E-state index in [0.29, 0.717) is 11.3 Å². The molecule has 10 nitrogen and oxygen atoms in total. The molecule has 2 aromatic carbocycles. The van der Waals surface area contributed by atoms with Gasteiger partial charge in [0.1, 0.15) is 5.75 Å². The highest BCUT2D eigenvalue weighted by Gasteiger charge is 2.24. The van der Waals surface area contributed by atoms with Crippen molar-refractivity contribution in [3.8, 4) is 5.75 Å². The van der Waals surface area contributed by atoms with Crippen LogP contribution in [0.1, 0.15) is 26.3 Å². The zero-order valence-electron chi connectivity index (χ0n) is 18.3. The number of rotatable bonds is 8. The van der Waals surface area contributed by atoms with Crippen molar-refractivity contribution in [2.75, 3.05) is 40.2 Å². The van der Waals surface area contributed by atoms with Crippen molar-refractivity contribution in [2.24, 2.45) is 0 Å². The van der Waals surface area contributed by atoms with Crippen molar-refractivity contribution < 1.29 is 37.0 Å². The van der Waals surface area contributed by atoms with E-state index in [1.54, 1.807) is 6.92 Å². The van der Waals surface area contributed by atoms with Crippen LogP contribution in [-0.4, -0.2) is 65.5 Å². The zero-order chi connectivity index (χ0) is 24.1. The van der Waals surface area contributed by atoms with Crippen LogP contribution < -0.4 is 10.1 Å². The molecule has 0 radical (unpaired) electrons. The van der Waals surface area contributed by atoms with Crippen molar-refractivity contribution in [1.29, 1.82) is 0 Å². The van der Waals surface area contributed by atoms with E-state index in [9.17, 15) is 22.8 Å². The number of likely N-dealkylation sites (N-methyl/N-ethyl adjacent to an activating group) is 1. The van der Waals surface area contributed by atoms with Gasteiger partial charge < -0.3 is 19.5 Å². The second kappa shape index (κ2) is 10.2. The van der Waals surface area contributed by atoms with Gasteiger partial charge in [0.05, 0.1) is 43.9 Å². The van der Waals surface area contributed by atoms with Gasteiger partial charge in [-0.25, -0.2) is 18.0 Å². The number of carbonyl (C=O) groups excluding carboxylic acids is 3. The number of sulfonamides is 1. The van der Waals surface area contributed by atoms with Gasteiger partial charge in [-0.15, -0.1) is 0 Å². The number of hydrogen-bond acceptors (Lipinski definition) is 8. The number of methoxy groups -OCH3 is 3. The lowest BCUT2D eigenvalue weighted by atomic mass is 10.1. The van der Waals surface area contributed by atoms with E-state index in [0.717, 1.165) is 4.31 Å². The molecule has 0 aliphatic heterocycles. The second-order valence-corrected chi connectivity index (χ2v) is 8.77. The summed E-state index contributed by atoms with van der Waals surface area (Å²) in [5.41, 5.74) is 0.756. The second-order valence-electron chi connectivity index (χ2n) is 6.72. The van der Waals surface area contributed by atoms with E-state index >= 15 is 0 Å². The van der Waals surface area contributed by atoms with Crippen molar-refractivity contribution in [2.45, 2.75) is 11.8 Å². The Morgan fingerprint density at radius 2 is 1.50 bits per heavy atom. The Kier molecular flexibility index (Phi) is 7.95. The van der Waals surface area contributed by atoms with E-state index in [2.05, 4.69) is 14.8 Å². The average Bonchev–Trinajstić information content (AvgIpc) is 2.77. The molecule has 1 amide bonds. The first-order valence-electron chi connectivity index (χ1n) is 9.26. The van der Waals surface area contributed by atoms with E-state index in [1.165, 1.54) is 64.8 Å². The summed E-state index contributed by atoms with van der Waals surface area (Å²) in [6, 6.07) is 8.23. The van der Waals surface area contributed by atoms with Crippen LogP contribution in [0.15, 0.2) is 41.3 Å². The predicted octanol–water partition coefficient (Wildman–Crippen LogP) is 1.84. The van der Waals surface area contributed by atoms with E-state index < -0.39 is 34.4 Å². The largest absolute Gasteiger partial charge is 0.496 e. The Balaban J connectivity index is 2.23. The topological polar surface area (TPSA) is 128 Å². The van der Waals surface area contributed by atoms with Crippen molar-refractivity contribution in [3.63, 3.8) is 0 Å². The lowest BCUT2D eigenvalue weighted by molar-refractivity contribution is -0.116. The molecule has 0 saturated carbocycles. The Bertz CT molecular complexity index is 1110. The van der Waals surface area contributed by atoms with E-state index in [-0.39, 0.29) is 21.7 Å². The lowest BCUT2D eigenvalue weighted by Gasteiger charge is -2.18. The summed E-state index contributed by atoms with van der Waals surface area (Å²) in [4.78, 5) is 36.2. The maximum atomic E-state index is 12.8. The summed E-state index contributed by atoms with van der Waals surface area (Å²) in [5.74, 6) is -1.59. The lowest BCUT2D eigenvalue weighted by Crippen LogP contribution is -2.35. The number of amides is 1. The minimum atomic E-state index is -3.96. The molecule has 0 bridgehead atoms. The highest BCUT2D eigenvalue weighted by molar-refractivity contribution is 7.89. The zero-order valence-corrected chi connectivity index (χ0v) is 19.1. The SMILES string of the molecule is COC(=O)c1cc(NC(=O)CN(C)S(=O)(=O)c2ccc(OC)c(C)c2)cc(C(=O)OC)c1. The highest BCUT2D eigenvalue weighted by Crippen LogP contribution is 2.23. The van der Waals surface area contributed by atoms with Crippen LogP contribution >= 0.6 is 0 Å². The number of carbonyl (C=O) groups is 3. The molecule has 0 fully saturated rings. The van der Waals surface area contributed by atoms with Gasteiger partial charge in [-0.05, 0) is 48.9 Å². The summed E-state index contributed by atoms with van der Waals surface area (Å²) < 4.78 is 41.0. The molecular formula is C21H24N2O8S. The third-order valence-electron chi connectivity index (χ3n) is 4.50. The molecule has 0 aliphatic carbocycles. The third-order valence-corrected chi connectivity index (χ3v) is 6.30. The maximum absolute atomic E-state index is 12.8. The summed E-state index contributed by atoms with van der Waals surface area (Å²) in [6.45, 7) is 1.20. The molecule has 0 atom stereocenters. The third kappa shape index (κ3) is 5.62. The highest BCUT2D eigenvalue weighted by atomic mass is 32.2. The normalized spacial score (nSPS) is 11.1. The standard InChI is InChI=1S/C21H24N2O8S/c1-13-8-17(6-7-18(13)29-3)32(27,28)23(2)12-19(24)22-16-10-14(20(25)30-4)9-15(11-16)21(26)31-5/h6-11H,12H2,1-5H3,(H,22,24). The molecule has 2 aromatic rings. The van der Waals surface area contributed by atoms with Gasteiger partial charge in [0.2, 0.25) is 15.9 Å². The quantitative estimate of drug-likeness (QED) is 0.586. The van der Waals surface area contributed by atoms with Gasteiger partial charge in [-0.2, -0.15) is 4.31 Å². The number of hydrogen-bond donors (Lipinski definition) is 1. The Morgan fingerprint density at radius 3 is 1.97 bits per heavy atom. The van der Waals surface area contributed by atoms with Gasteiger partial charge >= 0.3 is 11.9 Å². The Labute approximate surface area is 186 Å². The molecule has 0 spiro atoms. The first-order valence-corrected chi connectivity index (χ1v) is 10.7. The number of nitrogens with zero attached hydrogens (tertiary/aromatic N) is 1. The van der Waals surface area contributed by atoms with Crippen molar-refractivity contribution >= 4 is 33.6 Å². The average molecular weight is 464 g/mol. The number of nitrogens with one attached hydrogen (secondary N) is 1. The molecule has 0 aromatic heterocycles. The minimum Gasteiger partial charge on any atom is -0.496 e. The van der Waals surface area contributed by atoms with Crippen LogP contribution in [0.2, 0.25) is 0 Å². The van der Waals surface area contributed by atoms with Gasteiger partial charge in [-0.3, -0.25) is 4.79 Å². The van der Waals surface area contributed by atoms with E-state index in [1.807, 2.05) is 0 Å². The minimum absolute atomic E-state index is 0.00626. The van der Waals surface area contributed by atoms with Crippen LogP contribution in [0.5, 0.6) is 5.75 Å². The van der Waals surface area contributed by atoms with Gasteiger partial charge in [0, 0.05) is 12.7 Å². The van der Waals surface area contributed by atoms with E-state index in [4.69, 9.17) is 4.74 Å². The fourth-order valence-electron chi connectivity index (χ4n) is 2.85. The number of aryl methyl sites for hydroxylation is 1. The molecule has 0 aliphatic rings. The number of anilines is 1. The van der Waals surface area contributed by atoms with Crippen molar-refractivity contribution in [3.05, 3.63) is 53.1 Å². The summed E-state index contributed by atoms with van der Waals surface area (Å²) >= 11 is 0. The smallest absolute Gasteiger partial charge is 0.337 e. The van der Waals surface area contributed by atoms with Crippen LogP contribution in [-0.2, 0) is 24.3 Å². The number of ether oxygens (including phenoxy) is 3. The van der Waals surface area contributed by atoms with Crippen LogP contribution in [0, 0.1) is 6.92 Å². The molecule has 2 rings (SSSR count). The molecule has 11 heteroatoms. The van der Waals surface area contributed by atoms with Crippen molar-refractivity contribution in [1.82, 2.24) is 4.31 Å². The monoisotopic (exact) mass is 464 g/mol. The first-order chi connectivity index (χ1) is 15.0. The van der Waals surface area contributed by atoms with Crippen LogP contribution in [0.4, 0.5) is 5.69 Å². The van der Waals surface area contributed by atoms with Crippen LogP contribution in [0.3, 0.4) is 0 Å². The summed E-state index contributed by atoms with van der Waals surface area (Å²) in [7, 11) is 1.13. The molecule has 172 valence electrons. The molecule has 1 N–H and O–H groups in total. The van der Waals surface area contributed by atoms with Gasteiger partial charge in [-0.1, -0.05) is 0 Å². The van der Waals surface area contributed by atoms with Gasteiger partial charge in [0.15, 0.2) is 0 Å². The first kappa shape index (κ1) is 24.8. The fourth-order valence-corrected chi connectivity index (χ4v) is 4.06. The molecule has 0 heterocycles. The molecule has 0 unspecified atom stereocenters. The fraction of sp³-hybridized carbons (Fsp3) is 0.286. The molecule has 32 heavy (non-hydrogen) atoms. The maximum Gasteiger partial charge on any atom is 0.337 e. The van der Waals surface area contributed by atoms with Gasteiger partial charge in [0.25, 0.3) is 0 Å². The van der Waals surface area contributed by atoms with Crippen LogP contribution in [0.25, 0.3) is 0 Å².